The summed E-state index contributed by atoms with van der Waals surface area (Å²) in [6.45, 7) is 4.01. The quantitative estimate of drug-likeness (QED) is 0.853. The van der Waals surface area contributed by atoms with Crippen molar-refractivity contribution in [1.29, 1.82) is 0 Å². The lowest BCUT2D eigenvalue weighted by Gasteiger charge is -2.18. The Kier molecular flexibility index (Phi) is 4.38. The van der Waals surface area contributed by atoms with E-state index in [0.29, 0.717) is 13.2 Å². The fourth-order valence-electron chi connectivity index (χ4n) is 3.07. The number of fused-ring (bicyclic) bond motifs is 1. The molecule has 1 aliphatic carbocycles. The van der Waals surface area contributed by atoms with Crippen LogP contribution in [-0.2, 0) is 0 Å². The molecule has 1 aromatic carbocycles. The van der Waals surface area contributed by atoms with Crippen LogP contribution in [0.5, 0.6) is 11.5 Å². The van der Waals surface area contributed by atoms with Crippen molar-refractivity contribution in [3.05, 3.63) is 28.4 Å². The van der Waals surface area contributed by atoms with Crippen LogP contribution in [-0.4, -0.2) is 30.1 Å². The molecular weight excluding hydrogens is 322 g/mol. The van der Waals surface area contributed by atoms with Crippen LogP contribution in [0, 0.1) is 0 Å². The van der Waals surface area contributed by atoms with Gasteiger partial charge in [-0.1, -0.05) is 0 Å². The summed E-state index contributed by atoms with van der Waals surface area (Å²) in [5, 5.41) is 7.03. The van der Waals surface area contributed by atoms with Crippen molar-refractivity contribution in [2.45, 2.75) is 32.6 Å². The van der Waals surface area contributed by atoms with Crippen molar-refractivity contribution < 1.29 is 9.47 Å². The molecule has 0 bridgehead atoms. The van der Waals surface area contributed by atoms with Gasteiger partial charge in [-0.25, -0.2) is 4.68 Å². The molecule has 0 N–H and O–H groups in total. The molecule has 1 saturated carbocycles. The minimum absolute atomic E-state index is 0.596. The standard InChI is InChI=1S/C18H21N3O2S/c1-2-19-18-21(20-14-5-3-4-6-14)15(12-24-18)13-7-8-16-17(11-13)23-10-9-22-16/h7-8,11-12H,2-6,9-10H2,1H3. The molecule has 4 rings (SSSR count). The highest BCUT2D eigenvalue weighted by Crippen LogP contribution is 2.34. The van der Waals surface area contributed by atoms with Crippen LogP contribution in [0.3, 0.4) is 0 Å². The Morgan fingerprint density at radius 2 is 1.92 bits per heavy atom. The number of benzene rings is 1. The highest BCUT2D eigenvalue weighted by Gasteiger charge is 2.16. The van der Waals surface area contributed by atoms with Crippen LogP contribution in [0.1, 0.15) is 32.6 Å². The maximum absolute atomic E-state index is 5.72. The number of rotatable bonds is 3. The van der Waals surface area contributed by atoms with Gasteiger partial charge in [-0.3, -0.25) is 4.99 Å². The van der Waals surface area contributed by atoms with Crippen molar-refractivity contribution in [2.24, 2.45) is 10.1 Å². The largest absolute Gasteiger partial charge is 0.486 e. The summed E-state index contributed by atoms with van der Waals surface area (Å²) in [6, 6.07) is 6.08. The smallest absolute Gasteiger partial charge is 0.206 e. The van der Waals surface area contributed by atoms with Crippen molar-refractivity contribution in [2.75, 3.05) is 19.8 Å². The summed E-state index contributed by atoms with van der Waals surface area (Å²) in [5.41, 5.74) is 3.41. The first-order valence-electron chi connectivity index (χ1n) is 8.53. The van der Waals surface area contributed by atoms with Crippen LogP contribution in [0.2, 0.25) is 0 Å². The van der Waals surface area contributed by atoms with Gasteiger partial charge in [0.1, 0.15) is 13.2 Å². The SMILES string of the molecule is CCN=c1scc(-c2ccc3c(c2)OCCO3)n1N=C1CCCC1. The fourth-order valence-corrected chi connectivity index (χ4v) is 3.96. The van der Waals surface area contributed by atoms with Gasteiger partial charge in [-0.15, -0.1) is 11.3 Å². The van der Waals surface area contributed by atoms with Gasteiger partial charge in [0.15, 0.2) is 11.5 Å². The Bertz CT molecular complexity index is 827. The zero-order chi connectivity index (χ0) is 16.4. The van der Waals surface area contributed by atoms with Crippen LogP contribution < -0.4 is 14.3 Å². The molecule has 24 heavy (non-hydrogen) atoms. The average Bonchev–Trinajstić information content (AvgIpc) is 3.26. The Hall–Kier alpha value is -2.08. The van der Waals surface area contributed by atoms with Gasteiger partial charge in [-0.2, -0.15) is 5.10 Å². The van der Waals surface area contributed by atoms with Crippen molar-refractivity contribution >= 4 is 17.0 Å². The third-order valence-electron chi connectivity index (χ3n) is 4.24. The summed E-state index contributed by atoms with van der Waals surface area (Å²) in [4.78, 5) is 5.55. The minimum atomic E-state index is 0.596. The third kappa shape index (κ3) is 2.98. The Morgan fingerprint density at radius 3 is 2.71 bits per heavy atom. The summed E-state index contributed by atoms with van der Waals surface area (Å²) < 4.78 is 13.3. The summed E-state index contributed by atoms with van der Waals surface area (Å²) in [5.74, 6) is 1.62. The van der Waals surface area contributed by atoms with E-state index in [0.717, 1.165) is 46.9 Å². The van der Waals surface area contributed by atoms with Gasteiger partial charge in [0.05, 0.1) is 5.69 Å². The molecule has 1 aliphatic heterocycles. The van der Waals surface area contributed by atoms with Gasteiger partial charge in [0.25, 0.3) is 0 Å². The first-order valence-corrected chi connectivity index (χ1v) is 9.41. The van der Waals surface area contributed by atoms with Crippen LogP contribution >= 0.6 is 11.3 Å². The van der Waals surface area contributed by atoms with E-state index >= 15 is 0 Å². The lowest BCUT2D eigenvalue weighted by Crippen LogP contribution is -2.16. The normalized spacial score (nSPS) is 17.4. The molecule has 6 heteroatoms. The Balaban J connectivity index is 1.80. The molecule has 126 valence electrons. The molecule has 2 aromatic rings. The molecule has 0 unspecified atom stereocenters. The molecule has 2 aliphatic rings. The molecule has 0 amide bonds. The van der Waals surface area contributed by atoms with Crippen LogP contribution in [0.4, 0.5) is 0 Å². The number of hydrogen-bond donors (Lipinski definition) is 0. The molecule has 5 nitrogen and oxygen atoms in total. The Morgan fingerprint density at radius 1 is 1.12 bits per heavy atom. The molecule has 0 spiro atoms. The van der Waals surface area contributed by atoms with Gasteiger partial charge < -0.3 is 9.47 Å². The number of ether oxygens (including phenoxy) is 2. The molecule has 2 heterocycles. The number of aromatic nitrogens is 1. The van der Waals surface area contributed by atoms with Crippen LogP contribution in [0.25, 0.3) is 11.3 Å². The van der Waals surface area contributed by atoms with Crippen molar-refractivity contribution in [3.63, 3.8) is 0 Å². The van der Waals surface area contributed by atoms with Gasteiger partial charge >= 0.3 is 0 Å². The van der Waals surface area contributed by atoms with E-state index in [4.69, 9.17) is 14.6 Å². The lowest BCUT2D eigenvalue weighted by molar-refractivity contribution is 0.171. The van der Waals surface area contributed by atoms with Crippen molar-refractivity contribution in [3.8, 4) is 22.8 Å². The zero-order valence-electron chi connectivity index (χ0n) is 13.8. The van der Waals surface area contributed by atoms with Crippen molar-refractivity contribution in [1.82, 2.24) is 4.68 Å². The van der Waals surface area contributed by atoms with E-state index in [2.05, 4.69) is 23.4 Å². The molecule has 0 radical (unpaired) electrons. The average molecular weight is 343 g/mol. The molecule has 0 saturated heterocycles. The first-order chi connectivity index (χ1) is 11.8. The van der Waals surface area contributed by atoms with E-state index in [1.54, 1.807) is 11.3 Å². The van der Waals surface area contributed by atoms with E-state index in [9.17, 15) is 0 Å². The first kappa shape index (κ1) is 15.4. The Labute approximate surface area is 145 Å². The molecular formula is C18H21N3O2S. The molecule has 0 atom stereocenters. The van der Waals surface area contributed by atoms with Gasteiger partial charge in [0, 0.05) is 23.2 Å². The predicted molar refractivity (Wildman–Crippen MR) is 96.1 cm³/mol. The van der Waals surface area contributed by atoms with E-state index in [-0.39, 0.29) is 0 Å². The van der Waals surface area contributed by atoms with Gasteiger partial charge in [-0.05, 0) is 50.8 Å². The summed E-state index contributed by atoms with van der Waals surface area (Å²) in [6.07, 6.45) is 4.66. The maximum atomic E-state index is 5.72. The van der Waals surface area contributed by atoms with Gasteiger partial charge in [0.2, 0.25) is 4.80 Å². The summed E-state index contributed by atoms with van der Waals surface area (Å²) in [7, 11) is 0. The second-order valence-electron chi connectivity index (χ2n) is 5.92. The van der Waals surface area contributed by atoms with E-state index < -0.39 is 0 Å². The number of nitrogens with zero attached hydrogens (tertiary/aromatic N) is 3. The second kappa shape index (κ2) is 6.81. The maximum Gasteiger partial charge on any atom is 0.206 e. The van der Waals surface area contributed by atoms with E-state index in [1.165, 1.54) is 18.6 Å². The fraction of sp³-hybridized carbons (Fsp3) is 0.444. The van der Waals surface area contributed by atoms with Crippen LogP contribution in [0.15, 0.2) is 33.7 Å². The number of thiazole rings is 1. The zero-order valence-corrected chi connectivity index (χ0v) is 14.6. The highest BCUT2D eigenvalue weighted by molar-refractivity contribution is 7.07. The monoisotopic (exact) mass is 343 g/mol. The second-order valence-corrected chi connectivity index (χ2v) is 6.76. The topological polar surface area (TPSA) is 48.1 Å². The highest BCUT2D eigenvalue weighted by atomic mass is 32.1. The third-order valence-corrected chi connectivity index (χ3v) is 5.09. The number of hydrogen-bond acceptors (Lipinski definition) is 5. The summed E-state index contributed by atoms with van der Waals surface area (Å²) >= 11 is 1.63. The predicted octanol–water partition coefficient (Wildman–Crippen LogP) is 3.69. The molecule has 1 fully saturated rings. The lowest BCUT2D eigenvalue weighted by atomic mass is 10.1. The van der Waals surface area contributed by atoms with E-state index in [1.807, 2.05) is 16.8 Å². The minimum Gasteiger partial charge on any atom is -0.486 e. The molecule has 1 aromatic heterocycles.